The summed E-state index contributed by atoms with van der Waals surface area (Å²) in [6.45, 7) is 4.18. The second-order valence-electron chi connectivity index (χ2n) is 8.27. The van der Waals surface area contributed by atoms with Crippen LogP contribution in [0.5, 0.6) is 0 Å². The Kier molecular flexibility index (Phi) is 5.26. The molecule has 1 aliphatic carbocycles. The van der Waals surface area contributed by atoms with Crippen LogP contribution >= 0.6 is 0 Å². The van der Waals surface area contributed by atoms with E-state index in [1.54, 1.807) is 0 Å². The third kappa shape index (κ3) is 3.15. The van der Waals surface area contributed by atoms with Crippen LogP contribution in [-0.4, -0.2) is 47.1 Å². The summed E-state index contributed by atoms with van der Waals surface area (Å²) in [6.07, 6.45) is 1.74. The van der Waals surface area contributed by atoms with Crippen molar-refractivity contribution in [1.82, 2.24) is 9.80 Å². The van der Waals surface area contributed by atoms with Gasteiger partial charge in [-0.15, -0.1) is 0 Å². The van der Waals surface area contributed by atoms with Crippen molar-refractivity contribution in [2.75, 3.05) is 20.1 Å². The molecular formula is C24H30N2O2. The van der Waals surface area contributed by atoms with E-state index in [9.17, 15) is 9.90 Å². The zero-order valence-electron chi connectivity index (χ0n) is 16.8. The lowest BCUT2D eigenvalue weighted by Crippen LogP contribution is -2.50. The summed E-state index contributed by atoms with van der Waals surface area (Å²) in [5.41, 5.74) is 3.51. The maximum absolute atomic E-state index is 12.1. The van der Waals surface area contributed by atoms with Crippen LogP contribution in [0.2, 0.25) is 0 Å². The predicted octanol–water partition coefficient (Wildman–Crippen LogP) is 3.50. The Labute approximate surface area is 167 Å². The molecule has 1 heterocycles. The van der Waals surface area contributed by atoms with E-state index < -0.39 is 6.10 Å². The second-order valence-corrected chi connectivity index (χ2v) is 8.27. The van der Waals surface area contributed by atoms with Crippen molar-refractivity contribution in [2.45, 2.75) is 50.3 Å². The van der Waals surface area contributed by atoms with Gasteiger partial charge in [0.05, 0.1) is 12.1 Å². The maximum atomic E-state index is 12.1. The first-order chi connectivity index (χ1) is 13.6. The fraction of sp³-hybridized carbons (Fsp3) is 0.458. The lowest BCUT2D eigenvalue weighted by molar-refractivity contribution is -0.133. The van der Waals surface area contributed by atoms with Gasteiger partial charge in [0.25, 0.3) is 0 Å². The number of benzene rings is 2. The second kappa shape index (κ2) is 7.69. The molecular weight excluding hydrogens is 348 g/mol. The Balaban J connectivity index is 1.62. The van der Waals surface area contributed by atoms with Crippen LogP contribution in [0.1, 0.15) is 48.9 Å². The number of rotatable bonds is 4. The zero-order valence-corrected chi connectivity index (χ0v) is 16.8. The van der Waals surface area contributed by atoms with E-state index in [1.165, 1.54) is 16.7 Å². The normalized spacial score (nSPS) is 23.2. The minimum absolute atomic E-state index is 0.0233. The summed E-state index contributed by atoms with van der Waals surface area (Å²) in [6, 6.07) is 18.9. The topological polar surface area (TPSA) is 43.8 Å². The van der Waals surface area contributed by atoms with E-state index in [2.05, 4.69) is 60.5 Å². The number of piperidine rings is 1. The summed E-state index contributed by atoms with van der Waals surface area (Å²) in [7, 11) is 2.10. The number of likely N-dealkylation sites (N-methyl/N-ethyl adjacent to an activating group) is 1. The van der Waals surface area contributed by atoms with Gasteiger partial charge in [0.2, 0.25) is 5.91 Å². The molecule has 4 nitrogen and oxygen atoms in total. The molecule has 2 aromatic rings. The molecule has 0 radical (unpaired) electrons. The molecule has 2 aliphatic rings. The van der Waals surface area contributed by atoms with Gasteiger partial charge >= 0.3 is 0 Å². The van der Waals surface area contributed by atoms with Gasteiger partial charge in [0.15, 0.2) is 0 Å². The van der Waals surface area contributed by atoms with Gasteiger partial charge < -0.3 is 10.0 Å². The highest BCUT2D eigenvalue weighted by molar-refractivity contribution is 5.76. The third-order valence-electron chi connectivity index (χ3n) is 6.74. The maximum Gasteiger partial charge on any atom is 0.222 e. The van der Waals surface area contributed by atoms with Gasteiger partial charge in [0.1, 0.15) is 0 Å². The molecule has 4 rings (SSSR count). The Morgan fingerprint density at radius 1 is 1.11 bits per heavy atom. The van der Waals surface area contributed by atoms with Crippen molar-refractivity contribution >= 4 is 5.91 Å². The summed E-state index contributed by atoms with van der Waals surface area (Å²) in [5.74, 6) is 0.216. The number of carbonyl (C=O) groups excluding carboxylic acids is 1. The van der Waals surface area contributed by atoms with Crippen molar-refractivity contribution in [3.63, 3.8) is 0 Å². The number of amides is 1. The number of hydrogen-bond donors (Lipinski definition) is 1. The highest BCUT2D eigenvalue weighted by Gasteiger charge is 2.53. The van der Waals surface area contributed by atoms with Crippen molar-refractivity contribution in [2.24, 2.45) is 0 Å². The van der Waals surface area contributed by atoms with E-state index in [4.69, 9.17) is 0 Å². The summed E-state index contributed by atoms with van der Waals surface area (Å²) < 4.78 is 0. The van der Waals surface area contributed by atoms with Crippen molar-refractivity contribution in [3.8, 4) is 0 Å². The number of likely N-dealkylation sites (tertiary alicyclic amines) is 1. The molecule has 0 saturated carbocycles. The Bertz CT molecular complexity index is 828. The predicted molar refractivity (Wildman–Crippen MR) is 111 cm³/mol. The van der Waals surface area contributed by atoms with Crippen molar-refractivity contribution < 1.29 is 9.90 Å². The SMILES string of the molecule is CCC(=O)N1CCC2(CC1)c1ccccc1[C@@H](N(C)Cc1ccccc1)[C@@H]2O. The molecule has 0 aromatic heterocycles. The Hall–Kier alpha value is -2.17. The van der Waals surface area contributed by atoms with Crippen LogP contribution < -0.4 is 0 Å². The van der Waals surface area contributed by atoms with Gasteiger partial charge in [-0.3, -0.25) is 9.69 Å². The van der Waals surface area contributed by atoms with Gasteiger partial charge in [-0.2, -0.15) is 0 Å². The molecule has 1 saturated heterocycles. The number of hydrogen-bond acceptors (Lipinski definition) is 3. The molecule has 2 aromatic carbocycles. The van der Waals surface area contributed by atoms with Crippen LogP contribution in [0, 0.1) is 0 Å². The molecule has 0 unspecified atom stereocenters. The van der Waals surface area contributed by atoms with Gasteiger partial charge in [0, 0.05) is 31.5 Å². The van der Waals surface area contributed by atoms with Crippen LogP contribution in [0.15, 0.2) is 54.6 Å². The number of carbonyl (C=O) groups is 1. The molecule has 1 fully saturated rings. The minimum atomic E-state index is -0.461. The average Bonchev–Trinajstić information content (AvgIpc) is 2.97. The van der Waals surface area contributed by atoms with Crippen LogP contribution in [0.4, 0.5) is 0 Å². The Morgan fingerprint density at radius 2 is 1.75 bits per heavy atom. The largest absolute Gasteiger partial charge is 0.390 e. The van der Waals surface area contributed by atoms with E-state index in [0.29, 0.717) is 6.42 Å². The van der Waals surface area contributed by atoms with Gasteiger partial charge in [-0.25, -0.2) is 0 Å². The third-order valence-corrected chi connectivity index (χ3v) is 6.74. The fourth-order valence-electron chi connectivity index (χ4n) is 5.23. The molecule has 4 heteroatoms. The lowest BCUT2D eigenvalue weighted by Gasteiger charge is -2.43. The first kappa shape index (κ1) is 19.2. The standard InChI is InChI=1S/C24H30N2O2/c1-3-21(27)26-15-13-24(14-16-26)20-12-8-7-11-19(20)22(23(24)28)25(2)17-18-9-5-4-6-10-18/h4-12,22-23,28H,3,13-17H2,1-2H3/t22-,23+/m1/s1. The monoisotopic (exact) mass is 378 g/mol. The smallest absolute Gasteiger partial charge is 0.222 e. The summed E-state index contributed by atoms with van der Waals surface area (Å²) in [5, 5.41) is 11.6. The molecule has 1 spiro atoms. The fourth-order valence-corrected chi connectivity index (χ4v) is 5.23. The van der Waals surface area contributed by atoms with Crippen molar-refractivity contribution in [3.05, 3.63) is 71.3 Å². The van der Waals surface area contributed by atoms with E-state index in [-0.39, 0.29) is 17.4 Å². The highest BCUT2D eigenvalue weighted by atomic mass is 16.3. The van der Waals surface area contributed by atoms with Crippen LogP contribution in [0.25, 0.3) is 0 Å². The van der Waals surface area contributed by atoms with Gasteiger partial charge in [-0.1, -0.05) is 61.5 Å². The van der Waals surface area contributed by atoms with E-state index >= 15 is 0 Å². The number of fused-ring (bicyclic) bond motifs is 2. The first-order valence-electron chi connectivity index (χ1n) is 10.4. The van der Waals surface area contributed by atoms with Crippen LogP contribution in [-0.2, 0) is 16.8 Å². The van der Waals surface area contributed by atoms with E-state index in [1.807, 2.05) is 17.9 Å². The van der Waals surface area contributed by atoms with E-state index in [0.717, 1.165) is 32.5 Å². The van der Waals surface area contributed by atoms with Crippen LogP contribution in [0.3, 0.4) is 0 Å². The first-order valence-corrected chi connectivity index (χ1v) is 10.4. The number of aliphatic hydroxyl groups is 1. The summed E-state index contributed by atoms with van der Waals surface area (Å²) in [4.78, 5) is 16.4. The lowest BCUT2D eigenvalue weighted by atomic mass is 9.72. The zero-order chi connectivity index (χ0) is 19.7. The van der Waals surface area contributed by atoms with Gasteiger partial charge in [-0.05, 0) is 36.6 Å². The molecule has 148 valence electrons. The highest BCUT2D eigenvalue weighted by Crippen LogP contribution is 2.52. The molecule has 28 heavy (non-hydrogen) atoms. The molecule has 1 aliphatic heterocycles. The minimum Gasteiger partial charge on any atom is -0.390 e. The quantitative estimate of drug-likeness (QED) is 0.886. The molecule has 0 bridgehead atoms. The average molecular weight is 379 g/mol. The molecule has 2 atom stereocenters. The molecule has 1 amide bonds. The number of aliphatic hydroxyl groups excluding tert-OH is 1. The summed E-state index contributed by atoms with van der Waals surface area (Å²) >= 11 is 0. The molecule has 1 N–H and O–H groups in total. The Morgan fingerprint density at radius 3 is 2.43 bits per heavy atom. The number of nitrogens with zero attached hydrogens (tertiary/aromatic N) is 2. The van der Waals surface area contributed by atoms with Crippen molar-refractivity contribution in [1.29, 1.82) is 0 Å².